The third-order valence-corrected chi connectivity index (χ3v) is 3.21. The summed E-state index contributed by atoms with van der Waals surface area (Å²) < 4.78 is 18.2. The highest BCUT2D eigenvalue weighted by molar-refractivity contribution is 5.41. The Morgan fingerprint density at radius 2 is 2.13 bits per heavy atom. The van der Waals surface area contributed by atoms with E-state index in [0.717, 1.165) is 11.3 Å². The smallest absolute Gasteiger partial charge is 0.122 e. The molecule has 0 amide bonds. The van der Waals surface area contributed by atoms with Gasteiger partial charge in [0.15, 0.2) is 0 Å². The Balaban J connectivity index is 2.35. The third kappa shape index (κ3) is 1.61. The van der Waals surface area contributed by atoms with Gasteiger partial charge in [0.2, 0.25) is 0 Å². The lowest BCUT2D eigenvalue weighted by Crippen LogP contribution is -2.45. The molecule has 1 aromatic rings. The number of hydrogen-bond donors (Lipinski definition) is 1. The number of para-hydroxylation sites is 1. The molecule has 0 spiro atoms. The number of benzene rings is 1. The molecule has 1 fully saturated rings. The number of aliphatic hydroxyl groups is 1. The summed E-state index contributed by atoms with van der Waals surface area (Å²) in [6, 6.07) is 7.51. The largest absolute Gasteiger partial charge is 0.496 e. The zero-order valence-electron chi connectivity index (χ0n) is 8.74. The summed E-state index contributed by atoms with van der Waals surface area (Å²) in [4.78, 5) is 0. The van der Waals surface area contributed by atoms with Gasteiger partial charge in [-0.2, -0.15) is 0 Å². The van der Waals surface area contributed by atoms with Crippen LogP contribution >= 0.6 is 0 Å². The van der Waals surface area contributed by atoms with E-state index in [-0.39, 0.29) is 6.61 Å². The second-order valence-electron chi connectivity index (χ2n) is 4.14. The highest BCUT2D eigenvalue weighted by atomic mass is 19.1. The van der Waals surface area contributed by atoms with Crippen LogP contribution in [0.1, 0.15) is 18.4 Å². The number of methoxy groups -OCH3 is 1. The van der Waals surface area contributed by atoms with Crippen molar-refractivity contribution in [1.29, 1.82) is 0 Å². The minimum absolute atomic E-state index is 0.0200. The Morgan fingerprint density at radius 3 is 2.67 bits per heavy atom. The molecule has 0 aliphatic heterocycles. The monoisotopic (exact) mass is 210 g/mol. The Hall–Kier alpha value is -1.09. The normalized spacial score (nSPS) is 29.7. The van der Waals surface area contributed by atoms with Gasteiger partial charge in [0, 0.05) is 11.0 Å². The van der Waals surface area contributed by atoms with Crippen LogP contribution in [0, 0.1) is 0 Å². The standard InChI is InChI=1S/C12H15FO2/c1-15-11-5-3-2-4-10(11)12(8-14)6-9(13)7-12/h2-5,9,14H,6-8H2,1H3. The molecule has 1 aromatic carbocycles. The van der Waals surface area contributed by atoms with E-state index in [4.69, 9.17) is 4.74 Å². The van der Waals surface area contributed by atoms with Crippen LogP contribution < -0.4 is 4.74 Å². The molecule has 82 valence electrons. The van der Waals surface area contributed by atoms with Gasteiger partial charge in [-0.15, -0.1) is 0 Å². The first-order chi connectivity index (χ1) is 7.22. The fraction of sp³-hybridized carbons (Fsp3) is 0.500. The number of ether oxygens (including phenoxy) is 1. The topological polar surface area (TPSA) is 29.5 Å². The van der Waals surface area contributed by atoms with E-state index in [1.807, 2.05) is 24.3 Å². The number of hydrogen-bond acceptors (Lipinski definition) is 2. The van der Waals surface area contributed by atoms with Crippen LogP contribution in [0.15, 0.2) is 24.3 Å². The summed E-state index contributed by atoms with van der Waals surface area (Å²) in [6.45, 7) is -0.0200. The summed E-state index contributed by atoms with van der Waals surface area (Å²) in [6.07, 6.45) is -0.00429. The lowest BCUT2D eigenvalue weighted by atomic mass is 9.63. The molecule has 3 heteroatoms. The summed E-state index contributed by atoms with van der Waals surface area (Å²) >= 11 is 0. The van der Waals surface area contributed by atoms with E-state index >= 15 is 0 Å². The maximum atomic E-state index is 13.0. The van der Waals surface area contributed by atoms with Gasteiger partial charge in [-0.25, -0.2) is 4.39 Å². The first-order valence-corrected chi connectivity index (χ1v) is 5.10. The van der Waals surface area contributed by atoms with E-state index in [2.05, 4.69) is 0 Å². The van der Waals surface area contributed by atoms with E-state index in [1.54, 1.807) is 7.11 Å². The molecule has 0 radical (unpaired) electrons. The van der Waals surface area contributed by atoms with Crippen molar-refractivity contribution in [2.45, 2.75) is 24.4 Å². The lowest BCUT2D eigenvalue weighted by Gasteiger charge is -2.43. The molecule has 0 heterocycles. The van der Waals surface area contributed by atoms with Crippen molar-refractivity contribution in [3.05, 3.63) is 29.8 Å². The highest BCUT2D eigenvalue weighted by Gasteiger charge is 2.46. The first-order valence-electron chi connectivity index (χ1n) is 5.10. The number of rotatable bonds is 3. The second-order valence-corrected chi connectivity index (χ2v) is 4.14. The summed E-state index contributed by atoms with van der Waals surface area (Å²) in [5.41, 5.74) is 0.496. The number of alkyl halides is 1. The molecule has 1 aliphatic rings. The lowest BCUT2D eigenvalue weighted by molar-refractivity contribution is 0.0394. The summed E-state index contributed by atoms with van der Waals surface area (Å²) in [7, 11) is 1.59. The maximum absolute atomic E-state index is 13.0. The van der Waals surface area contributed by atoms with Gasteiger partial charge in [-0.05, 0) is 18.9 Å². The molecule has 0 bridgehead atoms. The van der Waals surface area contributed by atoms with Crippen LogP contribution in [0.3, 0.4) is 0 Å². The van der Waals surface area contributed by atoms with Crippen LogP contribution in [0.2, 0.25) is 0 Å². The molecule has 15 heavy (non-hydrogen) atoms. The summed E-state index contributed by atoms with van der Waals surface area (Å²) in [5.74, 6) is 0.735. The quantitative estimate of drug-likeness (QED) is 0.827. The Bertz CT molecular complexity index is 345. The fourth-order valence-electron chi connectivity index (χ4n) is 2.31. The molecule has 1 N–H and O–H groups in total. The van der Waals surface area contributed by atoms with E-state index in [9.17, 15) is 9.50 Å². The molecule has 0 aromatic heterocycles. The minimum atomic E-state index is -0.790. The van der Waals surface area contributed by atoms with Crippen molar-refractivity contribution in [2.75, 3.05) is 13.7 Å². The van der Waals surface area contributed by atoms with Crippen LogP contribution in [0.5, 0.6) is 5.75 Å². The van der Waals surface area contributed by atoms with Crippen molar-refractivity contribution in [3.8, 4) is 5.75 Å². The highest BCUT2D eigenvalue weighted by Crippen LogP contribution is 2.48. The Kier molecular flexibility index (Phi) is 2.65. The Labute approximate surface area is 88.7 Å². The third-order valence-electron chi connectivity index (χ3n) is 3.21. The second kappa shape index (κ2) is 3.81. The van der Waals surface area contributed by atoms with Gasteiger partial charge in [0.1, 0.15) is 11.9 Å². The van der Waals surface area contributed by atoms with Crippen LogP contribution in [0.25, 0.3) is 0 Å². The fourth-order valence-corrected chi connectivity index (χ4v) is 2.31. The average molecular weight is 210 g/mol. The van der Waals surface area contributed by atoms with E-state index < -0.39 is 11.6 Å². The van der Waals surface area contributed by atoms with E-state index in [1.165, 1.54) is 0 Å². The van der Waals surface area contributed by atoms with E-state index in [0.29, 0.717) is 12.8 Å². The van der Waals surface area contributed by atoms with Gasteiger partial charge in [0.25, 0.3) is 0 Å². The average Bonchev–Trinajstić information content (AvgIpc) is 2.24. The van der Waals surface area contributed by atoms with Crippen LogP contribution in [-0.4, -0.2) is 25.0 Å². The zero-order chi connectivity index (χ0) is 10.9. The SMILES string of the molecule is COc1ccccc1C1(CO)CC(F)C1. The van der Waals surface area contributed by atoms with Crippen molar-refractivity contribution in [2.24, 2.45) is 0 Å². The van der Waals surface area contributed by atoms with Gasteiger partial charge >= 0.3 is 0 Å². The molecule has 1 saturated carbocycles. The van der Waals surface area contributed by atoms with Crippen molar-refractivity contribution >= 4 is 0 Å². The van der Waals surface area contributed by atoms with Crippen molar-refractivity contribution in [1.82, 2.24) is 0 Å². The zero-order valence-corrected chi connectivity index (χ0v) is 8.74. The Morgan fingerprint density at radius 1 is 1.47 bits per heavy atom. The number of halogens is 1. The van der Waals surface area contributed by atoms with Crippen molar-refractivity contribution in [3.63, 3.8) is 0 Å². The molecule has 0 atom stereocenters. The predicted molar refractivity (Wildman–Crippen MR) is 55.9 cm³/mol. The maximum Gasteiger partial charge on any atom is 0.122 e. The molecular weight excluding hydrogens is 195 g/mol. The molecular formula is C12H15FO2. The molecule has 2 rings (SSSR count). The minimum Gasteiger partial charge on any atom is -0.496 e. The van der Waals surface area contributed by atoms with Gasteiger partial charge in [0.05, 0.1) is 13.7 Å². The van der Waals surface area contributed by atoms with Gasteiger partial charge < -0.3 is 9.84 Å². The predicted octanol–water partition coefficient (Wildman–Crippen LogP) is 2.06. The van der Waals surface area contributed by atoms with Crippen molar-refractivity contribution < 1.29 is 14.2 Å². The van der Waals surface area contributed by atoms with Gasteiger partial charge in [-0.3, -0.25) is 0 Å². The molecule has 1 aliphatic carbocycles. The first kappa shape index (κ1) is 10.4. The molecule has 0 saturated heterocycles. The van der Waals surface area contributed by atoms with Crippen LogP contribution in [0.4, 0.5) is 4.39 Å². The summed E-state index contributed by atoms with van der Waals surface area (Å²) in [5, 5.41) is 9.41. The van der Waals surface area contributed by atoms with Crippen LogP contribution in [-0.2, 0) is 5.41 Å². The number of aliphatic hydroxyl groups excluding tert-OH is 1. The molecule has 0 unspecified atom stereocenters. The van der Waals surface area contributed by atoms with Gasteiger partial charge in [-0.1, -0.05) is 18.2 Å². The molecule has 2 nitrogen and oxygen atoms in total.